The Morgan fingerprint density at radius 1 is 1.36 bits per heavy atom. The Morgan fingerprint density at radius 2 is 1.73 bits per heavy atom. The number of rotatable bonds is 2. The van der Waals surface area contributed by atoms with Gasteiger partial charge in [-0.1, -0.05) is 28.8 Å². The van der Waals surface area contributed by atoms with Crippen LogP contribution in [0.25, 0.3) is 5.32 Å². The van der Waals surface area contributed by atoms with Crippen LogP contribution < -0.4 is 5.32 Å². The van der Waals surface area contributed by atoms with Crippen molar-refractivity contribution in [1.82, 2.24) is 5.32 Å². The second-order valence-electron chi connectivity index (χ2n) is 1.15. The molecule has 11 heavy (non-hydrogen) atoms. The van der Waals surface area contributed by atoms with Crippen LogP contribution in [0.2, 0.25) is 0 Å². The van der Waals surface area contributed by atoms with Crippen LogP contribution in [0.5, 0.6) is 0 Å². The van der Waals surface area contributed by atoms with Crippen LogP contribution in [-0.2, 0) is 4.79 Å². The molecule has 0 radical (unpaired) electrons. The van der Waals surface area contributed by atoms with E-state index in [0.717, 1.165) is 0 Å². The normalized spacial score (nSPS) is 5.27. The van der Waals surface area contributed by atoms with Gasteiger partial charge in [-0.25, -0.2) is 0 Å². The number of carbonyl (C=O) groups is 1. The average molecular weight is 416 g/mol. The van der Waals surface area contributed by atoms with Crippen molar-refractivity contribution in [2.75, 3.05) is 20.6 Å². The molecule has 0 aromatic rings. The first-order chi connectivity index (χ1) is 3.31. The summed E-state index contributed by atoms with van der Waals surface area (Å²) in [5.74, 6) is -0.0394. The number of hydrogen-bond acceptors (Lipinski definition) is 1. The third kappa shape index (κ3) is 29.6. The van der Waals surface area contributed by atoms with Crippen molar-refractivity contribution in [3.05, 3.63) is 5.32 Å². The molecule has 1 N–H and O–H groups in total. The Balaban J connectivity index is -0.0000000300. The summed E-state index contributed by atoms with van der Waals surface area (Å²) in [4.78, 5) is 10.2. The van der Waals surface area contributed by atoms with E-state index in [1.807, 2.05) is 0 Å². The molecule has 0 aromatic carbocycles. The van der Waals surface area contributed by atoms with Crippen molar-refractivity contribution >= 4 is 5.91 Å². The molecule has 3 nitrogen and oxygen atoms in total. The summed E-state index contributed by atoms with van der Waals surface area (Å²) in [5.41, 5.74) is 0. The van der Waals surface area contributed by atoms with Gasteiger partial charge < -0.3 is 10.6 Å². The molecular weight excluding hydrogens is 395 g/mol. The van der Waals surface area contributed by atoms with Gasteiger partial charge in [-0.15, -0.1) is 0 Å². The number of nitrogens with zero attached hydrogens (tertiary/aromatic N) is 1. The van der Waals surface area contributed by atoms with Crippen LogP contribution in [0.15, 0.2) is 0 Å². The number of likely N-dealkylation sites (N-methyl/N-ethyl adjacent to an activating group) is 2. The summed E-state index contributed by atoms with van der Waals surface area (Å²) in [6, 6.07) is 0. The molecule has 0 heterocycles. The van der Waals surface area contributed by atoms with E-state index < -0.39 is 0 Å². The van der Waals surface area contributed by atoms with Crippen LogP contribution in [0.1, 0.15) is 22.3 Å². The van der Waals surface area contributed by atoms with Crippen LogP contribution in [0, 0.1) is 0 Å². The van der Waals surface area contributed by atoms with E-state index in [2.05, 4.69) is 10.6 Å². The van der Waals surface area contributed by atoms with E-state index in [1.165, 1.54) is 0 Å². The molecule has 0 saturated heterocycles. The fourth-order valence-corrected chi connectivity index (χ4v) is 0.223. The molecule has 0 unspecified atom stereocenters. The second-order valence-corrected chi connectivity index (χ2v) is 1.15. The molecule has 0 bridgehead atoms. The smallest absolute Gasteiger partial charge is 0.199 e. The van der Waals surface area contributed by atoms with Crippen molar-refractivity contribution in [2.45, 2.75) is 22.3 Å². The zero-order valence-electron chi connectivity index (χ0n) is 5.27. The van der Waals surface area contributed by atoms with Crippen LogP contribution in [-0.4, -0.2) is 26.5 Å². The third-order valence-corrected chi connectivity index (χ3v) is 0.581. The van der Waals surface area contributed by atoms with Crippen LogP contribution in [0.3, 0.4) is 0 Å². The number of nitrogens with one attached hydrogen (secondary N) is 1. The molecule has 0 spiro atoms. The molecular formula is C7H21N2ORf-. The van der Waals surface area contributed by atoms with Gasteiger partial charge in [0.25, 0.3) is 0 Å². The quantitative estimate of drug-likeness (QED) is 0.731. The van der Waals surface area contributed by atoms with Crippen LogP contribution >= 0.6 is 0 Å². The van der Waals surface area contributed by atoms with E-state index in [0.29, 0.717) is 0 Å². The SMILES string of the molecule is C.C.C.C[N-]CC(=O)NC.[Rf]. The second kappa shape index (κ2) is 23.7. The van der Waals surface area contributed by atoms with Crippen molar-refractivity contribution in [2.24, 2.45) is 0 Å². The summed E-state index contributed by atoms with van der Waals surface area (Å²) >= 11 is 0. The molecule has 4 heteroatoms. The van der Waals surface area contributed by atoms with E-state index in [9.17, 15) is 4.79 Å². The topological polar surface area (TPSA) is 43.2 Å². The number of amides is 1. The maximum atomic E-state index is 10.2. The van der Waals surface area contributed by atoms with Gasteiger partial charge in [0, 0.05) is 7.05 Å². The van der Waals surface area contributed by atoms with Crippen molar-refractivity contribution < 1.29 is 4.79 Å². The fourth-order valence-electron chi connectivity index (χ4n) is 0.223. The molecule has 0 aliphatic heterocycles. The van der Waals surface area contributed by atoms with Gasteiger partial charge >= 0.3 is 0 Å². The fraction of sp³-hybridized carbons (Fsp3) is 0.857. The minimum atomic E-state index is -0.0394. The van der Waals surface area contributed by atoms with E-state index >= 15 is 0 Å². The van der Waals surface area contributed by atoms with Gasteiger partial charge in [-0.3, -0.25) is 4.79 Å². The van der Waals surface area contributed by atoms with Gasteiger partial charge in [0.15, 0.2) is 5.91 Å². The standard InChI is InChI=1S/C4H9N2O.3CH4.Rf/c1-5-3-4(7)6-2;;;;/h3H2,1-2H3,(H,6,7);3*1H4;/q-1;;;;. The predicted octanol–water partition coefficient (Wildman–Crippen LogP) is 1.64. The first-order valence-corrected chi connectivity index (χ1v) is 2.07. The third-order valence-electron chi connectivity index (χ3n) is 0.581. The van der Waals surface area contributed by atoms with Crippen molar-refractivity contribution in [1.29, 1.82) is 0 Å². The van der Waals surface area contributed by atoms with Gasteiger partial charge in [-0.2, -0.15) is 7.05 Å². The molecule has 0 atom stereocenters. The Bertz CT molecular complexity index is 69.5. The Labute approximate surface area is 65.2 Å². The molecule has 0 rings (SSSR count). The Hall–Kier alpha value is -1.57. The predicted molar refractivity (Wildman–Crippen MR) is 48.4 cm³/mol. The summed E-state index contributed by atoms with van der Waals surface area (Å²) in [5, 5.41) is 6.03. The maximum absolute atomic E-state index is 10.2. The van der Waals surface area contributed by atoms with Gasteiger partial charge in [0.1, 0.15) is 0 Å². The first-order valence-electron chi connectivity index (χ1n) is 2.07. The van der Waals surface area contributed by atoms with E-state index in [-0.39, 0.29) is 34.7 Å². The monoisotopic (exact) mass is 416 g/mol. The maximum Gasteiger partial charge on any atom is 0.199 e. The largest absolute Gasteiger partial charge is 0.657 e. The van der Waals surface area contributed by atoms with Gasteiger partial charge in [0.05, 0.1) is 0 Å². The molecule has 0 aliphatic rings. The molecule has 0 aromatic heterocycles. The first kappa shape index (κ1) is 34.1. The van der Waals surface area contributed by atoms with Crippen molar-refractivity contribution in [3.8, 4) is 0 Å². The Morgan fingerprint density at radius 3 is 1.82 bits per heavy atom. The summed E-state index contributed by atoms with van der Waals surface area (Å²) in [7, 11) is 3.20. The summed E-state index contributed by atoms with van der Waals surface area (Å²) in [6.45, 7) is 0.274. The number of carbonyl (C=O) groups excluding carboxylic acids is 1. The van der Waals surface area contributed by atoms with Crippen molar-refractivity contribution in [3.63, 3.8) is 0 Å². The van der Waals surface area contributed by atoms with Gasteiger partial charge in [0.2, 0.25) is 0 Å². The minimum absolute atomic E-state index is 0. The molecule has 68 valence electrons. The van der Waals surface area contributed by atoms with E-state index in [1.54, 1.807) is 14.1 Å². The van der Waals surface area contributed by atoms with Crippen LogP contribution in [0.4, 0.5) is 0 Å². The average Bonchev–Trinajstić information content (AvgIpc) is 1.68. The zero-order valence-corrected chi connectivity index (χ0v) is 11.7. The molecule has 1 amide bonds. The minimum Gasteiger partial charge on any atom is -0.657 e. The van der Waals surface area contributed by atoms with Gasteiger partial charge in [-0.05, 0) is 0 Å². The summed E-state index contributed by atoms with van der Waals surface area (Å²) in [6.07, 6.45) is 0. The summed E-state index contributed by atoms with van der Waals surface area (Å²) < 4.78 is 0. The molecule has 0 saturated carbocycles. The Kier molecular flexibility index (Phi) is 73.6. The number of hydrogen-bond donors (Lipinski definition) is 1. The van der Waals surface area contributed by atoms with E-state index in [4.69, 9.17) is 0 Å². The molecule has 0 fully saturated rings. The zero-order chi connectivity index (χ0) is 5.70. The molecule has 0 aliphatic carbocycles.